The van der Waals surface area contributed by atoms with Crippen LogP contribution in [-0.2, 0) is 4.79 Å². The molecule has 1 aliphatic heterocycles. The Bertz CT molecular complexity index is 273. The van der Waals surface area contributed by atoms with Crippen LogP contribution in [0.3, 0.4) is 0 Å². The number of piperazine rings is 1. The fourth-order valence-corrected chi connectivity index (χ4v) is 2.39. The van der Waals surface area contributed by atoms with E-state index in [1.54, 1.807) is 0 Å². The Morgan fingerprint density at radius 2 is 2.00 bits per heavy atom. The Balaban J connectivity index is 2.31. The second-order valence-corrected chi connectivity index (χ2v) is 6.24. The zero-order chi connectivity index (χ0) is 13.8. The Morgan fingerprint density at radius 3 is 2.50 bits per heavy atom. The molecule has 1 N–H and O–H groups in total. The Hall–Kier alpha value is -0.610. The molecule has 0 aromatic rings. The van der Waals surface area contributed by atoms with Crippen LogP contribution in [0.25, 0.3) is 0 Å². The lowest BCUT2D eigenvalue weighted by Crippen LogP contribution is -2.53. The normalized spacial score (nSPS) is 22.3. The first-order chi connectivity index (χ1) is 8.33. The lowest BCUT2D eigenvalue weighted by Gasteiger charge is -2.39. The third-order valence-electron chi connectivity index (χ3n) is 3.52. The van der Waals surface area contributed by atoms with Crippen molar-refractivity contribution in [2.24, 2.45) is 0 Å². The highest BCUT2D eigenvalue weighted by Gasteiger charge is 2.25. The molecule has 0 radical (unpaired) electrons. The molecule has 1 fully saturated rings. The van der Waals surface area contributed by atoms with E-state index in [-0.39, 0.29) is 11.4 Å². The van der Waals surface area contributed by atoms with Crippen LogP contribution in [0.2, 0.25) is 0 Å². The topological polar surface area (TPSA) is 35.6 Å². The van der Waals surface area contributed by atoms with E-state index < -0.39 is 0 Å². The summed E-state index contributed by atoms with van der Waals surface area (Å²) < 4.78 is 0. The molecule has 0 saturated carbocycles. The molecule has 1 aliphatic rings. The quantitative estimate of drug-likeness (QED) is 0.823. The SMILES string of the molecule is CCN1CCN(C(=O)CCNC(C)(C)C)CC1C. The molecule has 106 valence electrons. The number of carbonyl (C=O) groups is 1. The Kier molecular flexibility index (Phi) is 5.60. The van der Waals surface area contributed by atoms with E-state index in [0.717, 1.165) is 32.7 Å². The fourth-order valence-electron chi connectivity index (χ4n) is 2.39. The molecular weight excluding hydrogens is 226 g/mol. The molecule has 4 nitrogen and oxygen atoms in total. The summed E-state index contributed by atoms with van der Waals surface area (Å²) in [5, 5.41) is 3.37. The number of amides is 1. The lowest BCUT2D eigenvalue weighted by atomic mass is 10.1. The molecule has 1 saturated heterocycles. The van der Waals surface area contributed by atoms with Crippen LogP contribution in [0.5, 0.6) is 0 Å². The lowest BCUT2D eigenvalue weighted by molar-refractivity contribution is -0.133. The number of hydrogen-bond acceptors (Lipinski definition) is 3. The van der Waals surface area contributed by atoms with Gasteiger partial charge in [0.1, 0.15) is 0 Å². The van der Waals surface area contributed by atoms with Crippen LogP contribution >= 0.6 is 0 Å². The van der Waals surface area contributed by atoms with E-state index in [4.69, 9.17) is 0 Å². The van der Waals surface area contributed by atoms with E-state index in [1.165, 1.54) is 0 Å². The number of hydrogen-bond donors (Lipinski definition) is 1. The molecule has 0 spiro atoms. The Morgan fingerprint density at radius 1 is 1.33 bits per heavy atom. The molecular formula is C14H29N3O. The first-order valence-corrected chi connectivity index (χ1v) is 7.10. The number of nitrogens with one attached hydrogen (secondary N) is 1. The van der Waals surface area contributed by atoms with Gasteiger partial charge in [-0.25, -0.2) is 0 Å². The van der Waals surface area contributed by atoms with Crippen LogP contribution < -0.4 is 5.32 Å². The molecule has 18 heavy (non-hydrogen) atoms. The first-order valence-electron chi connectivity index (χ1n) is 7.10. The summed E-state index contributed by atoms with van der Waals surface area (Å²) in [4.78, 5) is 16.5. The second-order valence-electron chi connectivity index (χ2n) is 6.24. The standard InChI is InChI=1S/C14H29N3O/c1-6-16-9-10-17(11-12(16)2)13(18)7-8-15-14(3,4)5/h12,15H,6-11H2,1-5H3. The number of likely N-dealkylation sites (N-methyl/N-ethyl adjacent to an activating group) is 1. The number of nitrogens with zero attached hydrogens (tertiary/aromatic N) is 2. The molecule has 1 heterocycles. The molecule has 0 bridgehead atoms. The van der Waals surface area contributed by atoms with Gasteiger partial charge in [0.25, 0.3) is 0 Å². The first kappa shape index (κ1) is 15.4. The highest BCUT2D eigenvalue weighted by Crippen LogP contribution is 2.10. The monoisotopic (exact) mass is 255 g/mol. The second kappa shape index (κ2) is 6.53. The summed E-state index contributed by atoms with van der Waals surface area (Å²) >= 11 is 0. The maximum Gasteiger partial charge on any atom is 0.223 e. The van der Waals surface area contributed by atoms with Gasteiger partial charge in [-0.05, 0) is 34.2 Å². The van der Waals surface area contributed by atoms with Crippen LogP contribution in [0.15, 0.2) is 0 Å². The molecule has 0 aromatic heterocycles. The largest absolute Gasteiger partial charge is 0.340 e. The van der Waals surface area contributed by atoms with E-state index in [1.807, 2.05) is 4.90 Å². The highest BCUT2D eigenvalue weighted by atomic mass is 16.2. The summed E-state index contributed by atoms with van der Waals surface area (Å²) in [6, 6.07) is 0.489. The minimum atomic E-state index is 0.0917. The average Bonchev–Trinajstić information content (AvgIpc) is 2.27. The van der Waals surface area contributed by atoms with Crippen molar-refractivity contribution >= 4 is 5.91 Å². The van der Waals surface area contributed by atoms with Gasteiger partial charge in [0.05, 0.1) is 0 Å². The average molecular weight is 255 g/mol. The van der Waals surface area contributed by atoms with Gasteiger partial charge < -0.3 is 10.2 Å². The van der Waals surface area contributed by atoms with Crippen LogP contribution in [0, 0.1) is 0 Å². The molecule has 1 amide bonds. The van der Waals surface area contributed by atoms with Crippen molar-refractivity contribution in [2.75, 3.05) is 32.7 Å². The summed E-state index contributed by atoms with van der Waals surface area (Å²) in [6.07, 6.45) is 0.607. The molecule has 4 heteroatoms. The van der Waals surface area contributed by atoms with E-state index in [2.05, 4.69) is 44.8 Å². The number of carbonyl (C=O) groups excluding carboxylic acids is 1. The van der Waals surface area contributed by atoms with Crippen molar-refractivity contribution in [2.45, 2.75) is 52.6 Å². The summed E-state index contributed by atoms with van der Waals surface area (Å²) in [5.74, 6) is 0.286. The van der Waals surface area contributed by atoms with Crippen molar-refractivity contribution in [3.63, 3.8) is 0 Å². The fraction of sp³-hybridized carbons (Fsp3) is 0.929. The molecule has 1 atom stereocenters. The van der Waals surface area contributed by atoms with Gasteiger partial charge >= 0.3 is 0 Å². The van der Waals surface area contributed by atoms with Gasteiger partial charge in [-0.2, -0.15) is 0 Å². The summed E-state index contributed by atoms with van der Waals surface area (Å²) in [6.45, 7) is 15.4. The maximum atomic E-state index is 12.1. The molecule has 1 rings (SSSR count). The molecule has 0 aliphatic carbocycles. The van der Waals surface area contributed by atoms with E-state index >= 15 is 0 Å². The Labute approximate surface area is 112 Å². The predicted octanol–water partition coefficient (Wildman–Crippen LogP) is 1.32. The van der Waals surface area contributed by atoms with Gasteiger partial charge in [-0.3, -0.25) is 9.69 Å². The van der Waals surface area contributed by atoms with Crippen molar-refractivity contribution in [3.8, 4) is 0 Å². The minimum absolute atomic E-state index is 0.0917. The summed E-state index contributed by atoms with van der Waals surface area (Å²) in [5.41, 5.74) is 0.0917. The van der Waals surface area contributed by atoms with Gasteiger partial charge in [0.15, 0.2) is 0 Å². The van der Waals surface area contributed by atoms with Crippen LogP contribution in [-0.4, -0.2) is 60.0 Å². The molecule has 0 aromatic carbocycles. The van der Waals surface area contributed by atoms with Gasteiger partial charge in [0, 0.05) is 44.2 Å². The smallest absolute Gasteiger partial charge is 0.223 e. The van der Waals surface area contributed by atoms with Crippen LogP contribution in [0.1, 0.15) is 41.0 Å². The number of rotatable bonds is 4. The van der Waals surface area contributed by atoms with Crippen molar-refractivity contribution in [1.29, 1.82) is 0 Å². The van der Waals surface area contributed by atoms with Crippen molar-refractivity contribution in [3.05, 3.63) is 0 Å². The van der Waals surface area contributed by atoms with Gasteiger partial charge in [-0.1, -0.05) is 6.92 Å². The van der Waals surface area contributed by atoms with Gasteiger partial charge in [0.2, 0.25) is 5.91 Å². The van der Waals surface area contributed by atoms with Gasteiger partial charge in [-0.15, -0.1) is 0 Å². The third-order valence-corrected chi connectivity index (χ3v) is 3.52. The zero-order valence-corrected chi connectivity index (χ0v) is 12.6. The minimum Gasteiger partial charge on any atom is -0.340 e. The van der Waals surface area contributed by atoms with E-state index in [9.17, 15) is 4.79 Å². The van der Waals surface area contributed by atoms with Crippen molar-refractivity contribution < 1.29 is 4.79 Å². The van der Waals surface area contributed by atoms with E-state index in [0.29, 0.717) is 12.5 Å². The van der Waals surface area contributed by atoms with Crippen LogP contribution in [0.4, 0.5) is 0 Å². The summed E-state index contributed by atoms with van der Waals surface area (Å²) in [7, 11) is 0. The highest BCUT2D eigenvalue weighted by molar-refractivity contribution is 5.76. The molecule has 1 unspecified atom stereocenters. The third kappa shape index (κ3) is 4.94. The maximum absolute atomic E-state index is 12.1. The van der Waals surface area contributed by atoms with Crippen molar-refractivity contribution in [1.82, 2.24) is 15.1 Å². The predicted molar refractivity (Wildman–Crippen MR) is 75.7 cm³/mol. The zero-order valence-electron chi connectivity index (χ0n) is 12.6.